The van der Waals surface area contributed by atoms with Crippen LogP contribution in [0.2, 0.25) is 0 Å². The number of hydrogen-bond acceptors (Lipinski definition) is 6. The molecule has 1 aliphatic heterocycles. The quantitative estimate of drug-likeness (QED) is 0.721. The molecular formula is C18H22F3N5O2. The zero-order valence-electron chi connectivity index (χ0n) is 15.7. The highest BCUT2D eigenvalue weighted by molar-refractivity contribution is 5.90. The second-order valence-electron chi connectivity index (χ2n) is 6.53. The maximum atomic E-state index is 13.6. The fourth-order valence-corrected chi connectivity index (χ4v) is 3.28. The molecule has 0 amide bonds. The van der Waals surface area contributed by atoms with Gasteiger partial charge in [-0.2, -0.15) is 18.3 Å². The molecule has 0 aromatic carbocycles. The summed E-state index contributed by atoms with van der Waals surface area (Å²) in [6.07, 6.45) is 1.47. The van der Waals surface area contributed by atoms with E-state index in [9.17, 15) is 18.0 Å². The first-order valence-electron chi connectivity index (χ1n) is 9.22. The van der Waals surface area contributed by atoms with Crippen molar-refractivity contribution >= 4 is 11.9 Å². The second kappa shape index (κ2) is 8.15. The van der Waals surface area contributed by atoms with E-state index in [1.165, 1.54) is 0 Å². The molecule has 1 fully saturated rings. The Morgan fingerprint density at radius 1 is 1.18 bits per heavy atom. The first kappa shape index (κ1) is 20.1. The number of piperidine rings is 1. The molecule has 0 saturated carbocycles. The Hall–Kier alpha value is -2.65. The number of halogens is 3. The molecule has 0 radical (unpaired) electrons. The number of hydrogen-bond donors (Lipinski definition) is 0. The summed E-state index contributed by atoms with van der Waals surface area (Å²) >= 11 is 0. The van der Waals surface area contributed by atoms with Crippen LogP contribution in [0.15, 0.2) is 18.6 Å². The second-order valence-corrected chi connectivity index (χ2v) is 6.53. The van der Waals surface area contributed by atoms with E-state index in [-0.39, 0.29) is 6.61 Å². The zero-order valence-corrected chi connectivity index (χ0v) is 15.7. The molecule has 2 aromatic heterocycles. The summed E-state index contributed by atoms with van der Waals surface area (Å²) in [5.41, 5.74) is -0.570. The van der Waals surface area contributed by atoms with Crippen LogP contribution in [0.4, 0.5) is 19.1 Å². The van der Waals surface area contributed by atoms with Gasteiger partial charge in [-0.1, -0.05) is 6.92 Å². The summed E-state index contributed by atoms with van der Waals surface area (Å²) in [6.45, 7) is 4.55. The number of alkyl halides is 3. The van der Waals surface area contributed by atoms with Gasteiger partial charge in [0, 0.05) is 25.5 Å². The number of esters is 1. The Labute approximate surface area is 160 Å². The highest BCUT2D eigenvalue weighted by atomic mass is 19.4. The molecule has 152 valence electrons. The van der Waals surface area contributed by atoms with Crippen LogP contribution in [0, 0.1) is 0 Å². The standard InChI is InChI=1S/C18H22F3N5O2/c1-3-12-9-22-17(23-10-12)25-7-5-13(6-8-25)26-15(18(19,20)21)14(11-24-26)16(27)28-4-2/h9-11,13H,3-8H2,1-2H3. The van der Waals surface area contributed by atoms with Gasteiger partial charge in [0.1, 0.15) is 5.56 Å². The first-order valence-corrected chi connectivity index (χ1v) is 9.22. The van der Waals surface area contributed by atoms with E-state index < -0.39 is 29.4 Å². The molecule has 7 nitrogen and oxygen atoms in total. The molecule has 0 unspecified atom stereocenters. The van der Waals surface area contributed by atoms with Crippen molar-refractivity contribution in [3.05, 3.63) is 35.4 Å². The van der Waals surface area contributed by atoms with E-state index in [0.717, 1.165) is 22.9 Å². The van der Waals surface area contributed by atoms with E-state index in [2.05, 4.69) is 15.1 Å². The van der Waals surface area contributed by atoms with E-state index in [4.69, 9.17) is 4.74 Å². The Balaban J connectivity index is 1.77. The van der Waals surface area contributed by atoms with Gasteiger partial charge in [0.25, 0.3) is 0 Å². The average molecular weight is 397 g/mol. The number of aromatic nitrogens is 4. The van der Waals surface area contributed by atoms with Crippen molar-refractivity contribution in [1.29, 1.82) is 0 Å². The van der Waals surface area contributed by atoms with Gasteiger partial charge in [-0.05, 0) is 31.7 Å². The van der Waals surface area contributed by atoms with Crippen molar-refractivity contribution in [2.24, 2.45) is 0 Å². The summed E-state index contributed by atoms with van der Waals surface area (Å²) in [5, 5.41) is 3.88. The summed E-state index contributed by atoms with van der Waals surface area (Å²) in [6, 6.07) is -0.467. The van der Waals surface area contributed by atoms with Crippen LogP contribution in [0.3, 0.4) is 0 Å². The molecule has 0 bridgehead atoms. The van der Waals surface area contributed by atoms with Crippen LogP contribution in [0.25, 0.3) is 0 Å². The Morgan fingerprint density at radius 3 is 2.36 bits per heavy atom. The van der Waals surface area contributed by atoms with Gasteiger partial charge >= 0.3 is 12.1 Å². The molecule has 1 aliphatic rings. The average Bonchev–Trinajstić information content (AvgIpc) is 3.14. The molecule has 3 rings (SSSR count). The van der Waals surface area contributed by atoms with Crippen LogP contribution >= 0.6 is 0 Å². The fraction of sp³-hybridized carbons (Fsp3) is 0.556. The van der Waals surface area contributed by atoms with E-state index in [1.54, 1.807) is 19.3 Å². The van der Waals surface area contributed by atoms with Gasteiger partial charge in [-0.25, -0.2) is 14.8 Å². The maximum Gasteiger partial charge on any atom is 0.433 e. The fourth-order valence-electron chi connectivity index (χ4n) is 3.28. The number of aryl methyl sites for hydroxylation is 1. The molecule has 10 heteroatoms. The van der Waals surface area contributed by atoms with Crippen LogP contribution in [-0.4, -0.2) is 45.4 Å². The molecule has 1 saturated heterocycles. The molecule has 2 aromatic rings. The SMILES string of the molecule is CCOC(=O)c1cnn(C2CCN(c3ncc(CC)cn3)CC2)c1C(F)(F)F. The summed E-state index contributed by atoms with van der Waals surface area (Å²) in [7, 11) is 0. The van der Waals surface area contributed by atoms with Gasteiger partial charge in [-0.15, -0.1) is 0 Å². The summed E-state index contributed by atoms with van der Waals surface area (Å²) in [5.74, 6) is -0.442. The minimum absolute atomic E-state index is 0.00345. The maximum absolute atomic E-state index is 13.6. The van der Waals surface area contributed by atoms with E-state index >= 15 is 0 Å². The lowest BCUT2D eigenvalue weighted by molar-refractivity contribution is -0.145. The number of anilines is 1. The molecule has 0 N–H and O–H groups in total. The van der Waals surface area contributed by atoms with Crippen LogP contribution in [0.5, 0.6) is 0 Å². The summed E-state index contributed by atoms with van der Waals surface area (Å²) < 4.78 is 46.5. The first-order chi connectivity index (χ1) is 13.3. The molecule has 28 heavy (non-hydrogen) atoms. The number of ether oxygens (including phenoxy) is 1. The van der Waals surface area contributed by atoms with E-state index in [1.807, 2.05) is 11.8 Å². The summed E-state index contributed by atoms with van der Waals surface area (Å²) in [4.78, 5) is 22.5. The van der Waals surface area contributed by atoms with Crippen LogP contribution in [-0.2, 0) is 17.3 Å². The molecular weight excluding hydrogens is 375 g/mol. The van der Waals surface area contributed by atoms with Gasteiger partial charge in [-0.3, -0.25) is 4.68 Å². The van der Waals surface area contributed by atoms with Crippen LogP contribution < -0.4 is 4.90 Å². The van der Waals surface area contributed by atoms with Crippen molar-refractivity contribution < 1.29 is 22.7 Å². The van der Waals surface area contributed by atoms with Crippen molar-refractivity contribution in [2.45, 2.75) is 45.3 Å². The molecule has 0 spiro atoms. The Bertz CT molecular complexity index is 812. The Morgan fingerprint density at radius 2 is 1.82 bits per heavy atom. The van der Waals surface area contributed by atoms with Gasteiger partial charge < -0.3 is 9.64 Å². The number of carbonyl (C=O) groups excluding carboxylic acids is 1. The zero-order chi connectivity index (χ0) is 20.3. The van der Waals surface area contributed by atoms with Gasteiger partial charge in [0.15, 0.2) is 5.69 Å². The lowest BCUT2D eigenvalue weighted by atomic mass is 10.0. The van der Waals surface area contributed by atoms with Crippen molar-refractivity contribution in [1.82, 2.24) is 19.7 Å². The van der Waals surface area contributed by atoms with Crippen molar-refractivity contribution in [3.8, 4) is 0 Å². The van der Waals surface area contributed by atoms with E-state index in [0.29, 0.717) is 31.9 Å². The largest absolute Gasteiger partial charge is 0.462 e. The third-order valence-corrected chi connectivity index (χ3v) is 4.75. The minimum atomic E-state index is -4.70. The molecule has 0 aliphatic carbocycles. The topological polar surface area (TPSA) is 73.1 Å². The smallest absolute Gasteiger partial charge is 0.433 e. The molecule has 0 atom stereocenters. The van der Waals surface area contributed by atoms with Crippen molar-refractivity contribution in [2.75, 3.05) is 24.6 Å². The minimum Gasteiger partial charge on any atom is -0.462 e. The third-order valence-electron chi connectivity index (χ3n) is 4.75. The van der Waals surface area contributed by atoms with Gasteiger partial charge in [0.05, 0.1) is 18.8 Å². The number of rotatable bonds is 5. The number of nitrogens with zero attached hydrogens (tertiary/aromatic N) is 5. The predicted octanol–water partition coefficient (Wildman–Crippen LogP) is 3.27. The predicted molar refractivity (Wildman–Crippen MR) is 95.1 cm³/mol. The lowest BCUT2D eigenvalue weighted by Gasteiger charge is -2.33. The van der Waals surface area contributed by atoms with Crippen LogP contribution in [0.1, 0.15) is 54.3 Å². The normalized spacial score (nSPS) is 15.7. The highest BCUT2D eigenvalue weighted by Crippen LogP contribution is 2.36. The van der Waals surface area contributed by atoms with Gasteiger partial charge in [0.2, 0.25) is 5.95 Å². The Kier molecular flexibility index (Phi) is 5.85. The third kappa shape index (κ3) is 4.10. The monoisotopic (exact) mass is 397 g/mol. The number of carbonyl (C=O) groups is 1. The van der Waals surface area contributed by atoms with Crippen molar-refractivity contribution in [3.63, 3.8) is 0 Å². The lowest BCUT2D eigenvalue weighted by Crippen LogP contribution is -2.37. The molecule has 3 heterocycles. The highest BCUT2D eigenvalue weighted by Gasteiger charge is 2.42.